The van der Waals surface area contributed by atoms with Gasteiger partial charge in [0.2, 0.25) is 5.78 Å². The molecule has 0 spiro atoms. The van der Waals surface area contributed by atoms with Crippen molar-refractivity contribution in [2.45, 2.75) is 58.6 Å². The van der Waals surface area contributed by atoms with Gasteiger partial charge in [-0.1, -0.05) is 0 Å². The molecule has 3 heterocycles. The number of aromatic nitrogens is 1. The number of ether oxygens (including phenoxy) is 2. The van der Waals surface area contributed by atoms with Gasteiger partial charge in [0.25, 0.3) is 0 Å². The summed E-state index contributed by atoms with van der Waals surface area (Å²) in [5.41, 5.74) is 3.84. The molecule has 1 saturated heterocycles. The lowest BCUT2D eigenvalue weighted by atomic mass is 10.1. The van der Waals surface area contributed by atoms with Crippen LogP contribution in [0.2, 0.25) is 0 Å². The number of nitrogens with zero attached hydrogens (tertiary/aromatic N) is 1. The number of ketones is 1. The zero-order valence-electron chi connectivity index (χ0n) is 15.9. The molecule has 1 unspecified atom stereocenters. The summed E-state index contributed by atoms with van der Waals surface area (Å²) in [6.07, 6.45) is 5.62. The molecular weight excluding hydrogens is 362 g/mol. The van der Waals surface area contributed by atoms with E-state index in [1.165, 1.54) is 21.8 Å². The molecule has 1 atom stereocenters. The Hall–Kier alpha value is -1.92. The average molecular weight is 388 g/mol. The van der Waals surface area contributed by atoms with E-state index < -0.39 is 5.97 Å². The van der Waals surface area contributed by atoms with Crippen molar-refractivity contribution in [2.24, 2.45) is 0 Å². The van der Waals surface area contributed by atoms with Gasteiger partial charge < -0.3 is 14.0 Å². The Morgan fingerprint density at radius 2 is 2.11 bits per heavy atom. The minimum Gasteiger partial charge on any atom is -0.453 e. The second-order valence-corrected chi connectivity index (χ2v) is 8.58. The van der Waals surface area contributed by atoms with Crippen LogP contribution in [0, 0.1) is 13.8 Å². The lowest BCUT2D eigenvalue weighted by molar-refractivity contribution is 0.0479. The van der Waals surface area contributed by atoms with Crippen LogP contribution in [0.25, 0.3) is 0 Å². The Kier molecular flexibility index (Phi) is 5.19. The molecule has 2 aromatic heterocycles. The van der Waals surface area contributed by atoms with Crippen molar-refractivity contribution in [1.82, 2.24) is 4.57 Å². The Balaban J connectivity index is 1.39. The van der Waals surface area contributed by atoms with E-state index >= 15 is 0 Å². The van der Waals surface area contributed by atoms with E-state index in [-0.39, 0.29) is 18.5 Å². The van der Waals surface area contributed by atoms with Gasteiger partial charge in [-0.05, 0) is 63.6 Å². The Morgan fingerprint density at radius 1 is 1.26 bits per heavy atom. The Morgan fingerprint density at radius 3 is 2.85 bits per heavy atom. The molecule has 0 saturated carbocycles. The van der Waals surface area contributed by atoms with Gasteiger partial charge in [-0.2, -0.15) is 0 Å². The summed E-state index contributed by atoms with van der Waals surface area (Å²) in [6.45, 7) is 5.31. The van der Waals surface area contributed by atoms with Crippen LogP contribution in [0.15, 0.2) is 12.1 Å². The highest BCUT2D eigenvalue weighted by molar-refractivity contribution is 7.14. The normalized spacial score (nSPS) is 18.7. The standard InChI is InChI=1S/C21H25NO4S/c1-13-9-17(14(2)22(13)11-16-6-4-8-25-16)18(23)12-26-21(24)20-10-15-5-3-7-19(15)27-20/h9-10,16H,3-8,11-12H2,1-2H3. The topological polar surface area (TPSA) is 57.5 Å². The summed E-state index contributed by atoms with van der Waals surface area (Å²) in [4.78, 5) is 26.8. The van der Waals surface area contributed by atoms with E-state index in [9.17, 15) is 9.59 Å². The number of esters is 1. The van der Waals surface area contributed by atoms with Crippen molar-refractivity contribution in [3.63, 3.8) is 0 Å². The molecule has 1 aliphatic heterocycles. The molecule has 0 radical (unpaired) electrons. The molecule has 27 heavy (non-hydrogen) atoms. The summed E-state index contributed by atoms with van der Waals surface area (Å²) in [5.74, 6) is -0.546. The van der Waals surface area contributed by atoms with Gasteiger partial charge in [0.15, 0.2) is 6.61 Å². The van der Waals surface area contributed by atoms with Crippen LogP contribution in [0.1, 0.15) is 61.1 Å². The van der Waals surface area contributed by atoms with Crippen LogP contribution in [0.5, 0.6) is 0 Å². The van der Waals surface area contributed by atoms with Crippen molar-refractivity contribution >= 4 is 23.1 Å². The molecule has 1 fully saturated rings. The number of aryl methyl sites for hydroxylation is 3. The highest BCUT2D eigenvalue weighted by Crippen LogP contribution is 2.31. The number of thiophene rings is 1. The molecule has 0 bridgehead atoms. The molecule has 2 aromatic rings. The number of carbonyl (C=O) groups is 2. The maximum Gasteiger partial charge on any atom is 0.348 e. The minimum absolute atomic E-state index is 0.154. The molecule has 144 valence electrons. The summed E-state index contributed by atoms with van der Waals surface area (Å²) in [7, 11) is 0. The average Bonchev–Trinajstić information content (AvgIpc) is 3.40. The molecule has 0 N–H and O–H groups in total. The predicted molar refractivity (Wildman–Crippen MR) is 104 cm³/mol. The lowest BCUT2D eigenvalue weighted by Gasteiger charge is -2.14. The van der Waals surface area contributed by atoms with Gasteiger partial charge >= 0.3 is 5.97 Å². The van der Waals surface area contributed by atoms with Crippen LogP contribution in [0.3, 0.4) is 0 Å². The third kappa shape index (κ3) is 3.73. The van der Waals surface area contributed by atoms with Gasteiger partial charge in [-0.15, -0.1) is 11.3 Å². The molecule has 6 heteroatoms. The zero-order valence-corrected chi connectivity index (χ0v) is 16.7. The third-order valence-electron chi connectivity index (χ3n) is 5.57. The molecule has 5 nitrogen and oxygen atoms in total. The lowest BCUT2D eigenvalue weighted by Crippen LogP contribution is -2.18. The fourth-order valence-electron chi connectivity index (χ4n) is 4.07. The highest BCUT2D eigenvalue weighted by Gasteiger charge is 2.23. The molecule has 2 aliphatic rings. The fourth-order valence-corrected chi connectivity index (χ4v) is 5.21. The number of rotatable bonds is 6. The van der Waals surface area contributed by atoms with Crippen LogP contribution >= 0.6 is 11.3 Å². The van der Waals surface area contributed by atoms with Crippen LogP contribution in [-0.4, -0.2) is 35.6 Å². The number of fused-ring (bicyclic) bond motifs is 1. The maximum absolute atomic E-state index is 12.6. The zero-order chi connectivity index (χ0) is 19.0. The summed E-state index contributed by atoms with van der Waals surface area (Å²) < 4.78 is 13.2. The molecule has 1 aliphatic carbocycles. The van der Waals surface area contributed by atoms with Crippen molar-refractivity contribution in [2.75, 3.05) is 13.2 Å². The van der Waals surface area contributed by atoms with Gasteiger partial charge in [-0.25, -0.2) is 4.79 Å². The van der Waals surface area contributed by atoms with Crippen LogP contribution in [0.4, 0.5) is 0 Å². The van der Waals surface area contributed by atoms with E-state index in [2.05, 4.69) is 4.57 Å². The first-order chi connectivity index (χ1) is 13.0. The number of carbonyl (C=O) groups excluding carboxylic acids is 2. The first kappa shape index (κ1) is 18.4. The van der Waals surface area contributed by atoms with Crippen molar-refractivity contribution in [1.29, 1.82) is 0 Å². The highest BCUT2D eigenvalue weighted by atomic mass is 32.1. The largest absolute Gasteiger partial charge is 0.453 e. The first-order valence-corrected chi connectivity index (χ1v) is 10.4. The van der Waals surface area contributed by atoms with E-state index in [1.54, 1.807) is 0 Å². The molecule has 4 rings (SSSR count). The van der Waals surface area contributed by atoms with E-state index in [0.29, 0.717) is 10.4 Å². The molecule has 0 aromatic carbocycles. The fraction of sp³-hybridized carbons (Fsp3) is 0.524. The van der Waals surface area contributed by atoms with Crippen LogP contribution < -0.4 is 0 Å². The number of Topliss-reactive ketones (excluding diaryl/α,β-unsaturated/α-hetero) is 1. The van der Waals surface area contributed by atoms with Gasteiger partial charge in [0, 0.05) is 35.0 Å². The number of hydrogen-bond donors (Lipinski definition) is 0. The van der Waals surface area contributed by atoms with Crippen LogP contribution in [-0.2, 0) is 28.9 Å². The molecule has 0 amide bonds. The van der Waals surface area contributed by atoms with Gasteiger partial charge in [-0.3, -0.25) is 4.79 Å². The van der Waals surface area contributed by atoms with Gasteiger partial charge in [0.05, 0.1) is 6.10 Å². The Labute approximate surface area is 163 Å². The summed E-state index contributed by atoms with van der Waals surface area (Å²) >= 11 is 1.50. The smallest absolute Gasteiger partial charge is 0.348 e. The van der Waals surface area contributed by atoms with Crippen molar-refractivity contribution in [3.8, 4) is 0 Å². The summed E-state index contributed by atoms with van der Waals surface area (Å²) in [6, 6.07) is 3.81. The minimum atomic E-state index is -0.393. The van der Waals surface area contributed by atoms with Crippen molar-refractivity contribution in [3.05, 3.63) is 44.4 Å². The first-order valence-electron chi connectivity index (χ1n) is 9.63. The second-order valence-electron chi connectivity index (χ2n) is 7.44. The Bertz CT molecular complexity index is 852. The van der Waals surface area contributed by atoms with Gasteiger partial charge in [0.1, 0.15) is 4.88 Å². The second kappa shape index (κ2) is 7.60. The third-order valence-corrected chi connectivity index (χ3v) is 6.78. The van der Waals surface area contributed by atoms with E-state index in [4.69, 9.17) is 9.47 Å². The predicted octanol–water partition coefficient (Wildman–Crippen LogP) is 3.87. The number of hydrogen-bond acceptors (Lipinski definition) is 5. The SMILES string of the molecule is Cc1cc(C(=O)COC(=O)c2cc3c(s2)CCC3)c(C)n1CC1CCCO1. The monoisotopic (exact) mass is 387 g/mol. The maximum atomic E-state index is 12.6. The van der Waals surface area contributed by atoms with Crippen molar-refractivity contribution < 1.29 is 19.1 Å². The van der Waals surface area contributed by atoms with E-state index in [1.807, 2.05) is 26.0 Å². The van der Waals surface area contributed by atoms with E-state index in [0.717, 1.165) is 56.6 Å². The summed E-state index contributed by atoms with van der Waals surface area (Å²) in [5, 5.41) is 0. The quantitative estimate of drug-likeness (QED) is 0.558. The molecular formula is C21H25NO4S.